The molecule has 6 heteroatoms. The molecule has 1 amide bonds. The molecule has 24 heavy (non-hydrogen) atoms. The highest BCUT2D eigenvalue weighted by Gasteiger charge is 2.08. The maximum absolute atomic E-state index is 12.2. The Kier molecular flexibility index (Phi) is 7.03. The van der Waals surface area contributed by atoms with Gasteiger partial charge in [-0.05, 0) is 67.2 Å². The van der Waals surface area contributed by atoms with E-state index in [1.165, 1.54) is 0 Å². The zero-order chi connectivity index (χ0) is 17.4. The highest BCUT2D eigenvalue weighted by Crippen LogP contribution is 2.14. The van der Waals surface area contributed by atoms with Crippen molar-refractivity contribution in [2.45, 2.75) is 19.8 Å². The lowest BCUT2D eigenvalue weighted by atomic mass is 10.2. The number of hydrogen-bond donors (Lipinski definition) is 2. The molecule has 0 heterocycles. The first kappa shape index (κ1) is 18.2. The van der Waals surface area contributed by atoms with Gasteiger partial charge >= 0.3 is 0 Å². The fourth-order valence-electron chi connectivity index (χ4n) is 1.91. The molecule has 2 aromatic rings. The lowest BCUT2D eigenvalue weighted by Gasteiger charge is -2.10. The number of benzene rings is 2. The second-order valence-electron chi connectivity index (χ2n) is 5.14. The number of hydrogen-bond acceptors (Lipinski definition) is 3. The van der Waals surface area contributed by atoms with E-state index in [1.807, 2.05) is 0 Å². The number of rotatable bonds is 6. The van der Waals surface area contributed by atoms with Crippen molar-refractivity contribution in [1.29, 1.82) is 0 Å². The van der Waals surface area contributed by atoms with E-state index < -0.39 is 0 Å². The number of carbonyl (C=O) groups is 1. The minimum absolute atomic E-state index is 0.227. The van der Waals surface area contributed by atoms with Crippen molar-refractivity contribution in [3.05, 3.63) is 59.1 Å². The Morgan fingerprint density at radius 2 is 1.79 bits per heavy atom. The summed E-state index contributed by atoms with van der Waals surface area (Å²) in [6, 6.07) is 14.0. The first-order valence-electron chi connectivity index (χ1n) is 7.69. The predicted octanol–water partition coefficient (Wildman–Crippen LogP) is 4.65. The second-order valence-corrected chi connectivity index (χ2v) is 5.99. The molecular weight excluding hydrogens is 344 g/mol. The molecule has 0 saturated carbocycles. The van der Waals surface area contributed by atoms with E-state index in [2.05, 4.69) is 17.6 Å². The van der Waals surface area contributed by atoms with Crippen LogP contribution in [0.4, 0.5) is 5.69 Å². The van der Waals surface area contributed by atoms with Crippen LogP contribution in [-0.4, -0.2) is 17.6 Å². The van der Waals surface area contributed by atoms with E-state index in [1.54, 1.807) is 48.5 Å². The smallest absolute Gasteiger partial charge is 0.257 e. The van der Waals surface area contributed by atoms with E-state index in [0.29, 0.717) is 17.2 Å². The first-order chi connectivity index (χ1) is 11.6. The first-order valence-corrected chi connectivity index (χ1v) is 8.48. The van der Waals surface area contributed by atoms with Gasteiger partial charge in [0.15, 0.2) is 5.11 Å². The molecule has 0 saturated heterocycles. The van der Waals surface area contributed by atoms with Crippen LogP contribution < -0.4 is 15.4 Å². The number of carbonyl (C=O) groups excluding carboxylic acids is 1. The van der Waals surface area contributed by atoms with Gasteiger partial charge in [-0.1, -0.05) is 24.9 Å². The molecule has 0 spiro atoms. The summed E-state index contributed by atoms with van der Waals surface area (Å²) < 4.78 is 5.57. The molecule has 2 rings (SSSR count). The van der Waals surface area contributed by atoms with Gasteiger partial charge in [0.05, 0.1) is 6.61 Å². The molecule has 4 nitrogen and oxygen atoms in total. The summed E-state index contributed by atoms with van der Waals surface area (Å²) in [5.74, 6) is 0.475. The minimum atomic E-state index is -0.276. The minimum Gasteiger partial charge on any atom is -0.494 e. The molecule has 126 valence electrons. The van der Waals surface area contributed by atoms with Crippen LogP contribution >= 0.6 is 23.8 Å². The molecule has 0 radical (unpaired) electrons. The lowest BCUT2D eigenvalue weighted by molar-refractivity contribution is 0.0977. The molecule has 0 aliphatic heterocycles. The molecule has 0 fully saturated rings. The number of amides is 1. The zero-order valence-electron chi connectivity index (χ0n) is 13.3. The molecule has 0 unspecified atom stereocenters. The quantitative estimate of drug-likeness (QED) is 0.580. The maximum atomic E-state index is 12.2. The number of unbranched alkanes of at least 4 members (excludes halogenated alkanes) is 1. The molecule has 0 aliphatic carbocycles. The van der Waals surface area contributed by atoms with Crippen molar-refractivity contribution in [1.82, 2.24) is 5.32 Å². The molecule has 0 aromatic heterocycles. The Morgan fingerprint density at radius 3 is 2.42 bits per heavy atom. The molecule has 0 bridgehead atoms. The lowest BCUT2D eigenvalue weighted by Crippen LogP contribution is -2.34. The topological polar surface area (TPSA) is 50.4 Å². The maximum Gasteiger partial charge on any atom is 0.257 e. The molecule has 0 atom stereocenters. The van der Waals surface area contributed by atoms with Gasteiger partial charge in [-0.15, -0.1) is 0 Å². The average molecular weight is 363 g/mol. The third-order valence-corrected chi connectivity index (χ3v) is 3.67. The monoisotopic (exact) mass is 362 g/mol. The van der Waals surface area contributed by atoms with Gasteiger partial charge in [0.25, 0.3) is 5.91 Å². The zero-order valence-corrected chi connectivity index (χ0v) is 14.9. The Hall–Kier alpha value is -2.11. The van der Waals surface area contributed by atoms with Crippen molar-refractivity contribution < 1.29 is 9.53 Å². The number of nitrogens with one attached hydrogen (secondary N) is 2. The Labute approximate surface area is 152 Å². The van der Waals surface area contributed by atoms with Crippen molar-refractivity contribution in [3.63, 3.8) is 0 Å². The van der Waals surface area contributed by atoms with E-state index in [0.717, 1.165) is 24.3 Å². The van der Waals surface area contributed by atoms with Crippen LogP contribution in [0.25, 0.3) is 0 Å². The predicted molar refractivity (Wildman–Crippen MR) is 102 cm³/mol. The van der Waals surface area contributed by atoms with Crippen LogP contribution in [0, 0.1) is 0 Å². The standard InChI is InChI=1S/C18H19ClN2O2S/c1-2-3-12-23-16-10-4-13(5-11-16)17(22)21-18(24)20-15-8-6-14(19)7-9-15/h4-11H,2-3,12H2,1H3,(H2,20,21,22,24). The third-order valence-electron chi connectivity index (χ3n) is 3.21. The number of anilines is 1. The van der Waals surface area contributed by atoms with Crippen LogP contribution in [0.3, 0.4) is 0 Å². The van der Waals surface area contributed by atoms with Crippen LogP contribution in [0.1, 0.15) is 30.1 Å². The van der Waals surface area contributed by atoms with Crippen molar-refractivity contribution in [3.8, 4) is 5.75 Å². The average Bonchev–Trinajstić information content (AvgIpc) is 2.58. The number of thiocarbonyl (C=S) groups is 1. The fourth-order valence-corrected chi connectivity index (χ4v) is 2.24. The molecular formula is C18H19ClN2O2S. The SMILES string of the molecule is CCCCOc1ccc(C(=O)NC(=S)Nc2ccc(Cl)cc2)cc1. The summed E-state index contributed by atoms with van der Waals surface area (Å²) >= 11 is 11.0. The van der Waals surface area contributed by atoms with E-state index >= 15 is 0 Å². The van der Waals surface area contributed by atoms with Gasteiger partial charge in [-0.2, -0.15) is 0 Å². The Morgan fingerprint density at radius 1 is 1.12 bits per heavy atom. The van der Waals surface area contributed by atoms with E-state index in [-0.39, 0.29) is 11.0 Å². The molecule has 2 aromatic carbocycles. The fraction of sp³-hybridized carbons (Fsp3) is 0.222. The van der Waals surface area contributed by atoms with Gasteiger partial charge in [0.1, 0.15) is 5.75 Å². The van der Waals surface area contributed by atoms with E-state index in [4.69, 9.17) is 28.6 Å². The number of halogens is 1. The van der Waals surface area contributed by atoms with Gasteiger partial charge in [0, 0.05) is 16.3 Å². The van der Waals surface area contributed by atoms with Gasteiger partial charge in [-0.3, -0.25) is 10.1 Å². The van der Waals surface area contributed by atoms with Crippen LogP contribution in [0.2, 0.25) is 5.02 Å². The summed E-state index contributed by atoms with van der Waals surface area (Å²) in [6.45, 7) is 2.79. The van der Waals surface area contributed by atoms with Gasteiger partial charge < -0.3 is 10.1 Å². The second kappa shape index (κ2) is 9.25. The highest BCUT2D eigenvalue weighted by molar-refractivity contribution is 7.80. The van der Waals surface area contributed by atoms with Crippen molar-refractivity contribution >= 4 is 40.5 Å². The summed E-state index contributed by atoms with van der Waals surface area (Å²) in [5, 5.41) is 6.43. The van der Waals surface area contributed by atoms with Crippen molar-refractivity contribution in [2.24, 2.45) is 0 Å². The third kappa shape index (κ3) is 5.83. The van der Waals surface area contributed by atoms with Crippen LogP contribution in [0.15, 0.2) is 48.5 Å². The summed E-state index contributed by atoms with van der Waals surface area (Å²) in [7, 11) is 0. The Balaban J connectivity index is 1.86. The Bertz CT molecular complexity index is 687. The molecule has 2 N–H and O–H groups in total. The number of ether oxygens (including phenoxy) is 1. The van der Waals surface area contributed by atoms with Gasteiger partial charge in [0.2, 0.25) is 0 Å². The van der Waals surface area contributed by atoms with Crippen molar-refractivity contribution in [2.75, 3.05) is 11.9 Å². The summed E-state index contributed by atoms with van der Waals surface area (Å²) in [4.78, 5) is 12.2. The normalized spacial score (nSPS) is 10.1. The molecule has 0 aliphatic rings. The summed E-state index contributed by atoms with van der Waals surface area (Å²) in [5.41, 5.74) is 1.27. The van der Waals surface area contributed by atoms with Gasteiger partial charge in [-0.25, -0.2) is 0 Å². The summed E-state index contributed by atoms with van der Waals surface area (Å²) in [6.07, 6.45) is 2.09. The van der Waals surface area contributed by atoms with Crippen LogP contribution in [0.5, 0.6) is 5.75 Å². The largest absolute Gasteiger partial charge is 0.494 e. The van der Waals surface area contributed by atoms with E-state index in [9.17, 15) is 4.79 Å². The highest BCUT2D eigenvalue weighted by atomic mass is 35.5. The van der Waals surface area contributed by atoms with Crippen LogP contribution in [-0.2, 0) is 0 Å².